The first-order valence-corrected chi connectivity index (χ1v) is 27.3. The summed E-state index contributed by atoms with van der Waals surface area (Å²) >= 11 is 7.30. The molecule has 0 radical (unpaired) electrons. The Balaban J connectivity index is 0.785. The summed E-state index contributed by atoms with van der Waals surface area (Å²) < 4.78 is 68.1. The molecule has 2 N–H and O–H groups in total. The number of ether oxygens (including phenoxy) is 5. The SMILES string of the molecule is C=C(N[C@@H](C)c1ccc(-c2scnc2C)cc1)[C@@H]1C[C@@H](O)CN1C(=O)[C@H](CC(=O)CCOCCOCCOCCOCCCC(=O)c1cc(Oc2ccc(CC(=O)Cc3ccc(Cl)c(C(F)(F)F)c3)cc2)ccn1)C(C)(C)C. The van der Waals surface area contributed by atoms with Crippen LogP contribution in [0.5, 0.6) is 11.5 Å². The van der Waals surface area contributed by atoms with Gasteiger partial charge in [0.15, 0.2) is 5.78 Å². The monoisotopic (exact) mass is 1120 g/mol. The molecule has 19 heteroatoms. The van der Waals surface area contributed by atoms with Crippen LogP contribution in [0.25, 0.3) is 10.4 Å². The number of pyridine rings is 1. The number of hydrogen-bond acceptors (Lipinski definition) is 14. The fraction of sp³-hybridized carbons (Fsp3) is 0.458. The molecule has 0 unspecified atom stereocenters. The number of halogens is 4. The molecule has 4 atom stereocenters. The fourth-order valence-electron chi connectivity index (χ4n) is 8.91. The Bertz CT molecular complexity index is 2790. The van der Waals surface area contributed by atoms with Gasteiger partial charge in [-0.3, -0.25) is 24.2 Å². The molecule has 3 heterocycles. The van der Waals surface area contributed by atoms with Crippen LogP contribution in [0, 0.1) is 18.3 Å². The normalized spacial score (nSPS) is 15.5. The molecule has 0 saturated carbocycles. The third-order valence-corrected chi connectivity index (χ3v) is 14.5. The molecule has 0 spiro atoms. The van der Waals surface area contributed by atoms with E-state index in [1.165, 1.54) is 12.3 Å². The maximum atomic E-state index is 14.2. The van der Waals surface area contributed by atoms with E-state index in [4.69, 9.17) is 35.3 Å². The molecule has 6 rings (SSSR count). The number of carbonyl (C=O) groups is 4. The quantitative estimate of drug-likeness (QED) is 0.0317. The number of β-amino-alcohol motifs (C(OH)–C–C–N with tert-alkyl or cyclic N) is 1. The van der Waals surface area contributed by atoms with Gasteiger partial charge < -0.3 is 39.0 Å². The van der Waals surface area contributed by atoms with Gasteiger partial charge in [-0.25, -0.2) is 4.98 Å². The molecule has 0 aliphatic carbocycles. The van der Waals surface area contributed by atoms with Crippen molar-refractivity contribution >= 4 is 46.2 Å². The Hall–Kier alpha value is -5.86. The average molecular weight is 1120 g/mol. The second-order valence-electron chi connectivity index (χ2n) is 20.4. The number of aliphatic hydroxyl groups is 1. The minimum atomic E-state index is -4.62. The number of aromatic nitrogens is 2. The highest BCUT2D eigenvalue weighted by Gasteiger charge is 2.43. The molecule has 1 amide bonds. The molecule has 5 aromatic rings. The molecule has 78 heavy (non-hydrogen) atoms. The van der Waals surface area contributed by atoms with Crippen LogP contribution in [-0.4, -0.2) is 115 Å². The number of amides is 1. The first-order chi connectivity index (χ1) is 37.2. The summed E-state index contributed by atoms with van der Waals surface area (Å²) in [5.74, 6) is -0.448. The summed E-state index contributed by atoms with van der Waals surface area (Å²) in [6, 6.07) is 21.1. The number of aryl methyl sites for hydroxylation is 1. The maximum Gasteiger partial charge on any atom is 0.417 e. The molecular weight excluding hydrogens is 1050 g/mol. The first-order valence-electron chi connectivity index (χ1n) is 26.1. The number of likely N-dealkylation sites (tertiary alicyclic amines) is 1. The molecule has 14 nitrogen and oxygen atoms in total. The van der Waals surface area contributed by atoms with Crippen LogP contribution < -0.4 is 10.1 Å². The minimum Gasteiger partial charge on any atom is -0.457 e. The lowest BCUT2D eigenvalue weighted by Gasteiger charge is -2.36. The van der Waals surface area contributed by atoms with Crippen LogP contribution in [-0.2, 0) is 52.3 Å². The van der Waals surface area contributed by atoms with Crippen molar-refractivity contribution < 1.29 is 61.1 Å². The van der Waals surface area contributed by atoms with Crippen LogP contribution in [0.1, 0.15) is 104 Å². The van der Waals surface area contributed by atoms with Gasteiger partial charge in [0.1, 0.15) is 28.8 Å². The van der Waals surface area contributed by atoms with Gasteiger partial charge in [-0.15, -0.1) is 11.3 Å². The molecule has 2 aromatic heterocycles. The van der Waals surface area contributed by atoms with Crippen molar-refractivity contribution in [3.8, 4) is 21.9 Å². The van der Waals surface area contributed by atoms with Crippen molar-refractivity contribution in [3.63, 3.8) is 0 Å². The highest BCUT2D eigenvalue weighted by atomic mass is 35.5. The van der Waals surface area contributed by atoms with E-state index < -0.39 is 40.2 Å². The van der Waals surface area contributed by atoms with Crippen LogP contribution in [0.2, 0.25) is 5.02 Å². The summed E-state index contributed by atoms with van der Waals surface area (Å²) in [4.78, 5) is 64.3. The van der Waals surface area contributed by atoms with E-state index >= 15 is 0 Å². The number of aliphatic hydroxyl groups excluding tert-OH is 1. The molecule has 1 aliphatic heterocycles. The lowest BCUT2D eigenvalue weighted by Crippen LogP contribution is -2.47. The summed E-state index contributed by atoms with van der Waals surface area (Å²) in [6.07, 6.45) is -2.76. The second kappa shape index (κ2) is 29.4. The van der Waals surface area contributed by atoms with E-state index in [9.17, 15) is 37.5 Å². The van der Waals surface area contributed by atoms with Gasteiger partial charge in [-0.1, -0.05) is 81.4 Å². The topological polar surface area (TPSA) is 176 Å². The van der Waals surface area contributed by atoms with Gasteiger partial charge >= 0.3 is 6.18 Å². The van der Waals surface area contributed by atoms with Gasteiger partial charge in [-0.2, -0.15) is 13.2 Å². The van der Waals surface area contributed by atoms with Crippen LogP contribution in [0.15, 0.2) is 103 Å². The van der Waals surface area contributed by atoms with Gasteiger partial charge in [-0.05, 0) is 78.3 Å². The van der Waals surface area contributed by atoms with Crippen molar-refractivity contribution in [1.82, 2.24) is 20.2 Å². The number of ketones is 3. The van der Waals surface area contributed by atoms with Crippen LogP contribution in [0.4, 0.5) is 13.2 Å². The number of nitrogens with zero attached hydrogens (tertiary/aromatic N) is 3. The fourth-order valence-corrected chi connectivity index (χ4v) is 9.94. The number of hydrogen-bond donors (Lipinski definition) is 2. The van der Waals surface area contributed by atoms with E-state index in [2.05, 4.69) is 46.1 Å². The number of Topliss-reactive ketones (excluding diaryl/α,β-unsaturated/α-hetero) is 3. The van der Waals surface area contributed by atoms with Crippen molar-refractivity contribution in [2.24, 2.45) is 11.3 Å². The van der Waals surface area contributed by atoms with Gasteiger partial charge in [0, 0.05) is 81.6 Å². The maximum absolute atomic E-state index is 14.2. The smallest absolute Gasteiger partial charge is 0.417 e. The number of benzene rings is 3. The third kappa shape index (κ3) is 18.9. The summed E-state index contributed by atoms with van der Waals surface area (Å²) in [6.45, 7) is 16.9. The highest BCUT2D eigenvalue weighted by Crippen LogP contribution is 2.37. The predicted octanol–water partition coefficient (Wildman–Crippen LogP) is 11.2. The molecular formula is C59H70ClF3N4O10S. The van der Waals surface area contributed by atoms with E-state index in [1.807, 2.05) is 40.1 Å². The number of rotatable bonds is 31. The Morgan fingerprint density at radius 3 is 2.06 bits per heavy atom. The van der Waals surface area contributed by atoms with Crippen molar-refractivity contribution in [3.05, 3.63) is 142 Å². The van der Waals surface area contributed by atoms with Crippen molar-refractivity contribution in [1.29, 1.82) is 0 Å². The molecule has 1 fully saturated rings. The van der Waals surface area contributed by atoms with Crippen molar-refractivity contribution in [2.45, 2.75) is 104 Å². The molecule has 0 bridgehead atoms. The summed E-state index contributed by atoms with van der Waals surface area (Å²) in [7, 11) is 0. The van der Waals surface area contributed by atoms with E-state index in [0.717, 1.165) is 33.8 Å². The van der Waals surface area contributed by atoms with Gasteiger partial charge in [0.05, 0.1) is 85.1 Å². The third-order valence-electron chi connectivity index (χ3n) is 13.2. The minimum absolute atomic E-state index is 0.0157. The Kier molecular flexibility index (Phi) is 23.1. The Morgan fingerprint density at radius 1 is 0.808 bits per heavy atom. The number of carbonyl (C=O) groups excluding carboxylic acids is 4. The average Bonchev–Trinajstić information content (AvgIpc) is 4.08. The zero-order valence-electron chi connectivity index (χ0n) is 44.9. The highest BCUT2D eigenvalue weighted by molar-refractivity contribution is 7.13. The lowest BCUT2D eigenvalue weighted by molar-refractivity contribution is -0.142. The second-order valence-corrected chi connectivity index (χ2v) is 21.7. The van der Waals surface area contributed by atoms with Crippen LogP contribution in [0.3, 0.4) is 0 Å². The number of nitrogens with one attached hydrogen (secondary N) is 1. The van der Waals surface area contributed by atoms with E-state index in [-0.39, 0.29) is 92.4 Å². The number of alkyl halides is 3. The zero-order chi connectivity index (χ0) is 56.4. The van der Waals surface area contributed by atoms with E-state index in [0.29, 0.717) is 75.2 Å². The van der Waals surface area contributed by atoms with Gasteiger partial charge in [0.2, 0.25) is 5.91 Å². The number of thiazole rings is 1. The molecule has 420 valence electrons. The Morgan fingerprint density at radius 2 is 1.44 bits per heavy atom. The predicted molar refractivity (Wildman–Crippen MR) is 293 cm³/mol. The summed E-state index contributed by atoms with van der Waals surface area (Å²) in [5, 5.41) is 13.8. The Labute approximate surface area is 463 Å². The molecule has 1 aliphatic rings. The zero-order valence-corrected chi connectivity index (χ0v) is 46.4. The van der Waals surface area contributed by atoms with Gasteiger partial charge in [0.25, 0.3) is 0 Å². The van der Waals surface area contributed by atoms with Crippen molar-refractivity contribution in [2.75, 3.05) is 59.4 Å². The molecule has 3 aromatic carbocycles. The van der Waals surface area contributed by atoms with Crippen LogP contribution >= 0.6 is 22.9 Å². The first kappa shape index (κ1) is 61.4. The largest absolute Gasteiger partial charge is 0.457 e. The lowest BCUT2D eigenvalue weighted by atomic mass is 9.76. The molecule has 1 saturated heterocycles. The standard InChI is InChI=1S/C59H70ClF3N4O10S/c1-38(43-12-14-44(15-13-43)56-40(3)65-37-78-56)66-39(2)54-34-47(70)36-67(54)57(72)51(58(4,5)6)33-45(68)20-23-74-25-27-76-29-28-75-26-24-73-22-7-8-55(71)53-35-49(19-21-64-53)77-48-16-9-41(10-17-48)30-46(69)31-42-11-18-52(60)50(32-42)59(61,62)63/h9-19,21,32,35,37-38,47,51,54,66,70H,2,7-8,20,22-31,33-34,36H2,1,3-6H3/t38-,47+,51-,54-/m0/s1. The summed E-state index contributed by atoms with van der Waals surface area (Å²) in [5.41, 5.74) is 5.27. The van der Waals surface area contributed by atoms with E-state index in [1.54, 1.807) is 52.6 Å².